The third-order valence-electron chi connectivity index (χ3n) is 16.4. The summed E-state index contributed by atoms with van der Waals surface area (Å²) >= 11 is 0. The van der Waals surface area contributed by atoms with E-state index in [1.165, 1.54) is 23.1 Å². The summed E-state index contributed by atoms with van der Waals surface area (Å²) in [7, 11) is 1.61. The van der Waals surface area contributed by atoms with E-state index in [2.05, 4.69) is 60.9 Å². The van der Waals surface area contributed by atoms with Crippen molar-refractivity contribution in [1.29, 1.82) is 0 Å². The zero-order chi connectivity index (χ0) is 56.1. The number of likely N-dealkylation sites (N-methyl/N-ethyl adjacent to an activating group) is 1. The molecule has 0 radical (unpaired) electrons. The molecule has 0 aromatic heterocycles. The number of nitrogens with one attached hydrogen (secondary N) is 7. The Morgan fingerprint density at radius 3 is 2.24 bits per heavy atom. The van der Waals surface area contributed by atoms with Gasteiger partial charge in [0.1, 0.15) is 35.2 Å². The molecule has 9 rings (SSSR count). The number of ketones is 1. The van der Waals surface area contributed by atoms with Crippen molar-refractivity contribution in [2.24, 2.45) is 5.92 Å². The molecule has 4 aromatic rings. The van der Waals surface area contributed by atoms with Gasteiger partial charge in [0.2, 0.25) is 23.6 Å². The summed E-state index contributed by atoms with van der Waals surface area (Å²) in [6.07, 6.45) is 1.35. The molecule has 0 spiro atoms. The number of amides is 5. The van der Waals surface area contributed by atoms with Gasteiger partial charge in [-0.05, 0) is 125 Å². The zero-order valence-electron chi connectivity index (χ0n) is 46.5. The second-order valence-electron chi connectivity index (χ2n) is 21.6. The van der Waals surface area contributed by atoms with Gasteiger partial charge in [0, 0.05) is 87.5 Å². The zero-order valence-corrected chi connectivity index (χ0v) is 48.9. The maximum Gasteiger partial charge on any atom is 0.252 e. The normalized spacial score (nSPS) is 22.7. The lowest BCUT2D eigenvalue weighted by Gasteiger charge is -2.46. The van der Waals surface area contributed by atoms with Crippen molar-refractivity contribution in [1.82, 2.24) is 36.0 Å². The molecule has 3 fully saturated rings. The molecule has 7 N–H and O–H groups in total. The molecule has 24 heteroatoms. The maximum atomic E-state index is 15.5. The van der Waals surface area contributed by atoms with E-state index in [9.17, 15) is 23.6 Å². The number of morpholine rings is 1. The van der Waals surface area contributed by atoms with Crippen molar-refractivity contribution in [3.8, 4) is 0 Å². The van der Waals surface area contributed by atoms with Crippen LogP contribution in [-0.4, -0.2) is 159 Å². The highest BCUT2D eigenvalue weighted by Crippen LogP contribution is 2.42. The summed E-state index contributed by atoms with van der Waals surface area (Å²) < 4.78 is 55.2. The average molecular weight is 1200 g/mol. The average Bonchev–Trinajstić information content (AvgIpc) is 4.26. The van der Waals surface area contributed by atoms with Crippen LogP contribution in [-0.2, 0) is 56.6 Å². The molecule has 5 heterocycles. The highest BCUT2D eigenvalue weighted by molar-refractivity contribution is 6.17. The minimum atomic E-state index is -1.77. The molecule has 2 unspecified atom stereocenters. The first-order valence-corrected chi connectivity index (χ1v) is 27.2. The van der Waals surface area contributed by atoms with E-state index in [1.54, 1.807) is 44.3 Å². The van der Waals surface area contributed by atoms with Crippen LogP contribution < -0.4 is 37.2 Å². The quantitative estimate of drug-likeness (QED) is 0.0635. The Kier molecular flexibility index (Phi) is 22.8. The molecule has 5 aliphatic rings. The number of carbonyl (C=O) groups excluding carboxylic acids is 6. The Morgan fingerprint density at radius 2 is 1.55 bits per heavy atom. The molecule has 3 saturated heterocycles. The number of ether oxygens (including phenoxy) is 2. The monoisotopic (exact) mass is 1200 g/mol. The molecule has 82 heavy (non-hydrogen) atoms. The van der Waals surface area contributed by atoms with E-state index in [0.29, 0.717) is 82.1 Å². The van der Waals surface area contributed by atoms with Crippen LogP contribution in [0.2, 0.25) is 0 Å². The predicted octanol–water partition coefficient (Wildman–Crippen LogP) is 5.26. The molecule has 0 bridgehead atoms. The SMILES string of the molecule is CN[C@@H](C)C(=O)N[C@H](C(=O)N1Cc2ccc(NC(=O)CNC(=O)C3(C(=O)C(C)N4C[C@@H](C)NC[C@@H]4CN4CCOC[C@H]4C)CNc4cc(Cc5ccc(F)cc5)ccc43)cc2[C@H]1C(=O)Nc1c(F)cccc1F)C1CCOCC1.Cl.Cl.Cl. The number of Topliss-reactive ketones (excluding diaryl/α,β-unsaturated/α-hetero) is 1. The van der Waals surface area contributed by atoms with Crippen LogP contribution in [0.4, 0.5) is 30.2 Å². The smallest absolute Gasteiger partial charge is 0.252 e. The van der Waals surface area contributed by atoms with Crippen LogP contribution in [0.3, 0.4) is 0 Å². The first-order valence-electron chi connectivity index (χ1n) is 27.2. The number of carbonyl (C=O) groups is 6. The molecule has 18 nitrogen and oxygen atoms in total. The maximum absolute atomic E-state index is 15.5. The number of para-hydroxylation sites is 1. The fraction of sp³-hybridized carbons (Fsp3) is 0.483. The summed E-state index contributed by atoms with van der Waals surface area (Å²) in [6, 6.07) is 15.7. The van der Waals surface area contributed by atoms with Gasteiger partial charge in [0.15, 0.2) is 11.2 Å². The van der Waals surface area contributed by atoms with Crippen molar-refractivity contribution in [3.63, 3.8) is 0 Å². The fourth-order valence-electron chi connectivity index (χ4n) is 11.7. The van der Waals surface area contributed by atoms with Crippen molar-refractivity contribution in [2.45, 2.75) is 101 Å². The van der Waals surface area contributed by atoms with Crippen molar-refractivity contribution < 1.29 is 51.4 Å². The molecule has 0 saturated carbocycles. The Hall–Kier alpha value is -5.88. The molecule has 446 valence electrons. The topological polar surface area (TPSA) is 215 Å². The molecule has 0 aliphatic carbocycles. The van der Waals surface area contributed by atoms with Crippen molar-refractivity contribution in [2.75, 3.05) is 88.7 Å². The number of rotatable bonds is 18. The lowest BCUT2D eigenvalue weighted by molar-refractivity contribution is -0.144. The number of hydrogen-bond acceptors (Lipinski definition) is 13. The van der Waals surface area contributed by atoms with Gasteiger partial charge in [-0.1, -0.05) is 36.4 Å². The highest BCUT2D eigenvalue weighted by atomic mass is 35.5. The number of benzene rings is 4. The molecular weight excluding hydrogens is 1130 g/mol. The molecule has 8 atom stereocenters. The standard InChI is InChI=1S/C58H71F3N10O8.3ClH/c1-33-28-70(43(26-63-33)30-69-19-22-79-31-34(69)2)36(4)53(73)58(32-65-48-24-38(11-16-45(48)58)23-37-9-13-41(59)14-10-37)57(77)64-27-49(72)66-42-15-12-40-29-71(52(44(40)25-42)55(75)68-51-46(60)7-6-8-47(51)61)56(76)50(39-17-20-78-21-18-39)67-54(74)35(3)62-5;;;/h6-16,24-25,33-36,39,43,50,52,62-63,65H,17-23,26-32H2,1-5H3,(H,64,77)(H,66,72)(H,67,74)(H,68,75);3*1H/t33-,34-,35+,36?,43-,50+,52+,58?;;;/m1.../s1. The summed E-state index contributed by atoms with van der Waals surface area (Å²) in [6.45, 7) is 11.4. The van der Waals surface area contributed by atoms with Gasteiger partial charge in [0.25, 0.3) is 5.91 Å². The van der Waals surface area contributed by atoms with E-state index in [1.807, 2.05) is 19.1 Å². The number of anilines is 3. The van der Waals surface area contributed by atoms with Gasteiger partial charge in [-0.2, -0.15) is 0 Å². The summed E-state index contributed by atoms with van der Waals surface area (Å²) in [5.41, 5.74) is 1.22. The van der Waals surface area contributed by atoms with Gasteiger partial charge in [-0.15, -0.1) is 37.2 Å². The van der Waals surface area contributed by atoms with E-state index < -0.39 is 83.0 Å². The first kappa shape index (κ1) is 65.3. The van der Waals surface area contributed by atoms with Gasteiger partial charge in [-0.3, -0.25) is 38.6 Å². The molecule has 5 aliphatic heterocycles. The van der Waals surface area contributed by atoms with E-state index in [-0.39, 0.29) is 97.2 Å². The Balaban J connectivity index is 0.00000360. The summed E-state index contributed by atoms with van der Waals surface area (Å²) in [5.74, 6) is -6.48. The van der Waals surface area contributed by atoms with Crippen LogP contribution in [0.25, 0.3) is 0 Å². The predicted molar refractivity (Wildman–Crippen MR) is 312 cm³/mol. The lowest BCUT2D eigenvalue weighted by Crippen LogP contribution is -2.66. The largest absolute Gasteiger partial charge is 0.383 e. The second-order valence-corrected chi connectivity index (χ2v) is 21.6. The van der Waals surface area contributed by atoms with Gasteiger partial charge in [0.05, 0.1) is 31.8 Å². The minimum absolute atomic E-state index is 0. The van der Waals surface area contributed by atoms with Crippen LogP contribution >= 0.6 is 37.2 Å². The third-order valence-corrected chi connectivity index (χ3v) is 16.4. The lowest BCUT2D eigenvalue weighted by atomic mass is 9.74. The van der Waals surface area contributed by atoms with Crippen molar-refractivity contribution >= 4 is 89.6 Å². The Morgan fingerprint density at radius 1 is 0.841 bits per heavy atom. The number of fused-ring (bicyclic) bond motifs is 2. The van der Waals surface area contributed by atoms with Crippen LogP contribution in [0.15, 0.2) is 78.9 Å². The van der Waals surface area contributed by atoms with E-state index in [4.69, 9.17) is 9.47 Å². The second kappa shape index (κ2) is 28.6. The first-order chi connectivity index (χ1) is 37.9. The number of piperazine rings is 1. The minimum Gasteiger partial charge on any atom is -0.383 e. The highest BCUT2D eigenvalue weighted by Gasteiger charge is 2.55. The van der Waals surface area contributed by atoms with Gasteiger partial charge >= 0.3 is 0 Å². The van der Waals surface area contributed by atoms with Crippen molar-refractivity contribution in [3.05, 3.63) is 124 Å². The summed E-state index contributed by atoms with van der Waals surface area (Å²) in [4.78, 5) is 93.1. The Bertz CT molecular complexity index is 2930. The summed E-state index contributed by atoms with van der Waals surface area (Å²) in [5, 5.41) is 20.6. The number of nitrogens with zero attached hydrogens (tertiary/aromatic N) is 3. The number of hydrogen-bond donors (Lipinski definition) is 7. The van der Waals surface area contributed by atoms with Crippen LogP contribution in [0, 0.1) is 23.4 Å². The van der Waals surface area contributed by atoms with E-state index in [0.717, 1.165) is 35.9 Å². The molecular formula is C58H74Cl3F3N10O8. The third kappa shape index (κ3) is 14.2. The fourth-order valence-corrected chi connectivity index (χ4v) is 11.7. The Labute approximate surface area is 494 Å². The van der Waals surface area contributed by atoms with Crippen LogP contribution in [0.5, 0.6) is 0 Å². The number of halogens is 6. The van der Waals surface area contributed by atoms with Gasteiger partial charge < -0.3 is 51.6 Å². The van der Waals surface area contributed by atoms with E-state index >= 15 is 18.4 Å². The molecule has 5 amide bonds. The van der Waals surface area contributed by atoms with Gasteiger partial charge in [-0.25, -0.2) is 13.2 Å². The van der Waals surface area contributed by atoms with Crippen LogP contribution in [0.1, 0.15) is 74.4 Å². The molecule has 4 aromatic carbocycles.